The second-order valence-electron chi connectivity index (χ2n) is 10.4. The average Bonchev–Trinajstić information content (AvgIpc) is 3.60. The molecule has 0 saturated heterocycles. The molecule has 2 N–H and O–H groups in total. The summed E-state index contributed by atoms with van der Waals surface area (Å²) in [6, 6.07) is 11.2. The number of fused-ring (bicyclic) bond motifs is 3. The van der Waals surface area contributed by atoms with Crippen LogP contribution < -0.4 is 16.2 Å². The average molecular weight is 499 g/mol. The van der Waals surface area contributed by atoms with E-state index in [9.17, 15) is 14.4 Å². The predicted molar refractivity (Wildman–Crippen MR) is 138 cm³/mol. The van der Waals surface area contributed by atoms with Gasteiger partial charge in [-0.2, -0.15) is 10.2 Å². The molecule has 0 radical (unpaired) electrons. The highest BCUT2D eigenvalue weighted by atomic mass is 19.1. The number of benzene rings is 1. The summed E-state index contributed by atoms with van der Waals surface area (Å²) in [6.45, 7) is 7.24. The molecule has 2 aliphatic rings. The van der Waals surface area contributed by atoms with Crippen LogP contribution in [0.4, 0.5) is 16.0 Å². The van der Waals surface area contributed by atoms with Crippen LogP contribution in [0.2, 0.25) is 0 Å². The maximum atomic E-state index is 14.6. The molecule has 4 heterocycles. The molecule has 1 fully saturated rings. The number of aromatic nitrogens is 5. The van der Waals surface area contributed by atoms with E-state index >= 15 is 0 Å². The SMILES string of the molecule is CCn1c(=O)c2cnc(Nc3ccc4c(c3)CNCC43CC3)nc2n1-c1ccc(F)c(C(C)(C)C#N)n1. The van der Waals surface area contributed by atoms with E-state index in [1.165, 1.54) is 47.0 Å². The summed E-state index contributed by atoms with van der Waals surface area (Å²) in [5.74, 6) is 0.0518. The number of halogens is 1. The monoisotopic (exact) mass is 498 g/mol. The fourth-order valence-electron chi connectivity index (χ4n) is 5.24. The summed E-state index contributed by atoms with van der Waals surface area (Å²) < 4.78 is 17.7. The van der Waals surface area contributed by atoms with Crippen LogP contribution in [0.25, 0.3) is 16.9 Å². The van der Waals surface area contributed by atoms with Crippen molar-refractivity contribution in [1.29, 1.82) is 5.26 Å². The molecule has 37 heavy (non-hydrogen) atoms. The van der Waals surface area contributed by atoms with Crippen molar-refractivity contribution in [2.75, 3.05) is 11.9 Å². The van der Waals surface area contributed by atoms with Crippen molar-refractivity contribution in [3.05, 3.63) is 69.5 Å². The lowest BCUT2D eigenvalue weighted by Crippen LogP contribution is -2.33. The van der Waals surface area contributed by atoms with Crippen molar-refractivity contribution in [3.63, 3.8) is 0 Å². The summed E-state index contributed by atoms with van der Waals surface area (Å²) >= 11 is 0. The molecular weight excluding hydrogens is 471 g/mol. The molecule has 6 rings (SSSR count). The van der Waals surface area contributed by atoms with Crippen LogP contribution >= 0.6 is 0 Å². The van der Waals surface area contributed by atoms with Gasteiger partial charge in [-0.25, -0.2) is 23.7 Å². The molecule has 9 nitrogen and oxygen atoms in total. The first-order chi connectivity index (χ1) is 17.8. The first kappa shape index (κ1) is 23.3. The summed E-state index contributed by atoms with van der Waals surface area (Å²) in [4.78, 5) is 26.7. The Morgan fingerprint density at radius 2 is 2.05 bits per heavy atom. The molecule has 0 atom stereocenters. The molecule has 1 aromatic carbocycles. The van der Waals surface area contributed by atoms with Gasteiger partial charge in [0.15, 0.2) is 11.5 Å². The first-order valence-corrected chi connectivity index (χ1v) is 12.4. The fraction of sp³-hybridized carbons (Fsp3) is 0.370. The smallest absolute Gasteiger partial charge is 0.278 e. The van der Waals surface area contributed by atoms with Gasteiger partial charge in [-0.05, 0) is 69.0 Å². The summed E-state index contributed by atoms with van der Waals surface area (Å²) in [7, 11) is 0. The van der Waals surface area contributed by atoms with E-state index in [-0.39, 0.29) is 11.3 Å². The third-order valence-corrected chi connectivity index (χ3v) is 7.46. The fourth-order valence-corrected chi connectivity index (χ4v) is 5.24. The lowest BCUT2D eigenvalue weighted by molar-refractivity contribution is 0.530. The second kappa shape index (κ2) is 8.21. The van der Waals surface area contributed by atoms with Gasteiger partial charge in [0.05, 0.1) is 17.2 Å². The zero-order valence-electron chi connectivity index (χ0n) is 21.0. The van der Waals surface area contributed by atoms with Crippen LogP contribution in [0.5, 0.6) is 0 Å². The van der Waals surface area contributed by atoms with E-state index in [0.29, 0.717) is 34.8 Å². The Morgan fingerprint density at radius 1 is 1.24 bits per heavy atom. The summed E-state index contributed by atoms with van der Waals surface area (Å²) in [5.41, 5.74) is 2.77. The van der Waals surface area contributed by atoms with Crippen molar-refractivity contribution in [2.45, 2.75) is 57.5 Å². The number of nitrogens with zero attached hydrogens (tertiary/aromatic N) is 6. The molecule has 1 aliphatic heterocycles. The summed E-state index contributed by atoms with van der Waals surface area (Å²) in [5, 5.41) is 16.7. The maximum Gasteiger partial charge on any atom is 0.278 e. The van der Waals surface area contributed by atoms with Gasteiger partial charge in [0, 0.05) is 36.9 Å². The number of rotatable bonds is 5. The van der Waals surface area contributed by atoms with Gasteiger partial charge in [-0.3, -0.25) is 4.79 Å². The quantitative estimate of drug-likeness (QED) is 0.430. The number of hydrogen-bond donors (Lipinski definition) is 2. The van der Waals surface area contributed by atoms with Crippen LogP contribution in [0.15, 0.2) is 41.3 Å². The Labute approximate surface area is 213 Å². The first-order valence-electron chi connectivity index (χ1n) is 12.4. The molecule has 0 bridgehead atoms. The molecule has 188 valence electrons. The predicted octanol–water partition coefficient (Wildman–Crippen LogP) is 3.82. The molecule has 10 heteroatoms. The maximum absolute atomic E-state index is 14.6. The Hall–Kier alpha value is -4.10. The van der Waals surface area contributed by atoms with Crippen molar-refractivity contribution < 1.29 is 4.39 Å². The Morgan fingerprint density at radius 3 is 2.78 bits per heavy atom. The molecule has 0 amide bonds. The Kier molecular flexibility index (Phi) is 5.17. The number of hydrogen-bond acceptors (Lipinski definition) is 7. The number of anilines is 2. The molecular formula is C27H27FN8O. The van der Waals surface area contributed by atoms with Gasteiger partial charge in [0.25, 0.3) is 5.56 Å². The van der Waals surface area contributed by atoms with Gasteiger partial charge in [-0.1, -0.05) is 6.07 Å². The van der Waals surface area contributed by atoms with E-state index < -0.39 is 11.2 Å². The Bertz CT molecular complexity index is 1660. The second-order valence-corrected chi connectivity index (χ2v) is 10.4. The molecule has 3 aromatic heterocycles. The number of pyridine rings is 1. The Balaban J connectivity index is 1.44. The van der Waals surface area contributed by atoms with E-state index in [4.69, 9.17) is 0 Å². The minimum absolute atomic E-state index is 0.00737. The van der Waals surface area contributed by atoms with Gasteiger partial charge in [-0.15, -0.1) is 0 Å². The molecule has 1 saturated carbocycles. The minimum Gasteiger partial charge on any atom is -0.324 e. The number of nitriles is 1. The van der Waals surface area contributed by atoms with Crippen molar-refractivity contribution in [1.82, 2.24) is 29.6 Å². The standard InChI is InChI=1S/C27H27FN8O/c1-4-35-24(37)18-13-31-25(32-17-5-6-19-16(11-17)12-30-15-27(19)9-10-27)34-23(18)36(35)21-8-7-20(28)22(33-21)26(2,3)14-29/h5-8,11,13,30H,4,9-10,12,15H2,1-3H3,(H,31,32,34). The highest BCUT2D eigenvalue weighted by Gasteiger charge is 2.46. The van der Waals surface area contributed by atoms with Gasteiger partial charge in [0.2, 0.25) is 5.95 Å². The highest BCUT2D eigenvalue weighted by molar-refractivity contribution is 5.77. The molecule has 4 aromatic rings. The highest BCUT2D eigenvalue weighted by Crippen LogP contribution is 2.50. The molecule has 1 spiro atoms. The van der Waals surface area contributed by atoms with Crippen LogP contribution in [0, 0.1) is 17.1 Å². The molecule has 0 unspecified atom stereocenters. The van der Waals surface area contributed by atoms with Crippen LogP contribution in [-0.4, -0.2) is 30.9 Å². The van der Waals surface area contributed by atoms with Crippen LogP contribution in [-0.2, 0) is 23.9 Å². The van der Waals surface area contributed by atoms with Gasteiger partial charge >= 0.3 is 0 Å². The topological polar surface area (TPSA) is 113 Å². The van der Waals surface area contributed by atoms with Gasteiger partial charge < -0.3 is 10.6 Å². The van der Waals surface area contributed by atoms with E-state index in [1.54, 1.807) is 18.5 Å². The molecule has 1 aliphatic carbocycles. The zero-order valence-corrected chi connectivity index (χ0v) is 21.0. The van der Waals surface area contributed by atoms with Crippen LogP contribution in [0.3, 0.4) is 0 Å². The largest absolute Gasteiger partial charge is 0.324 e. The number of nitrogens with one attached hydrogen (secondary N) is 2. The van der Waals surface area contributed by atoms with Crippen molar-refractivity contribution >= 4 is 22.7 Å². The lowest BCUT2D eigenvalue weighted by Gasteiger charge is -2.26. The third-order valence-electron chi connectivity index (χ3n) is 7.46. The van der Waals surface area contributed by atoms with Crippen LogP contribution in [0.1, 0.15) is 50.4 Å². The van der Waals surface area contributed by atoms with Gasteiger partial charge in [0.1, 0.15) is 11.2 Å². The minimum atomic E-state index is -1.15. The van der Waals surface area contributed by atoms with Crippen molar-refractivity contribution in [3.8, 4) is 11.9 Å². The van der Waals surface area contributed by atoms with E-state index in [1.807, 2.05) is 13.0 Å². The lowest BCUT2D eigenvalue weighted by atomic mass is 9.88. The summed E-state index contributed by atoms with van der Waals surface area (Å²) in [6.07, 6.45) is 3.94. The van der Waals surface area contributed by atoms with E-state index in [2.05, 4.69) is 43.8 Å². The van der Waals surface area contributed by atoms with E-state index in [0.717, 1.165) is 18.8 Å². The van der Waals surface area contributed by atoms with Crippen molar-refractivity contribution in [2.24, 2.45) is 0 Å². The normalized spacial score (nSPS) is 16.0. The third kappa shape index (κ3) is 3.69. The zero-order chi connectivity index (χ0) is 25.9.